The van der Waals surface area contributed by atoms with Gasteiger partial charge in [-0.25, -0.2) is 9.37 Å². The monoisotopic (exact) mass is 377 g/mol. The molecule has 0 bridgehead atoms. The number of anilines is 2. The molecule has 4 rings (SSSR count). The second-order valence-corrected chi connectivity index (χ2v) is 7.18. The van der Waals surface area contributed by atoms with Gasteiger partial charge in [0.1, 0.15) is 23.9 Å². The van der Waals surface area contributed by atoms with Crippen molar-refractivity contribution in [3.05, 3.63) is 83.3 Å². The standard InChI is InChI=1S/C23H24FN3O/c1-16-6-8-19(9-7-16)17(2)26-23-22-21(10-11-25-23)28-13-12-27(22)15-18-4-3-5-20(24)14-18/h3-11,14,17H,12-13,15H2,1-2H3,(H,25,26). The summed E-state index contributed by atoms with van der Waals surface area (Å²) in [5.74, 6) is 1.36. The first-order valence-electron chi connectivity index (χ1n) is 9.54. The third-order valence-corrected chi connectivity index (χ3v) is 5.02. The molecular formula is C23H24FN3O. The second-order valence-electron chi connectivity index (χ2n) is 7.18. The minimum absolute atomic E-state index is 0.0950. The van der Waals surface area contributed by atoms with Gasteiger partial charge in [0, 0.05) is 18.8 Å². The van der Waals surface area contributed by atoms with E-state index in [4.69, 9.17) is 4.74 Å². The molecule has 0 aliphatic carbocycles. The van der Waals surface area contributed by atoms with Crippen LogP contribution in [0.1, 0.15) is 29.7 Å². The maximum atomic E-state index is 13.6. The molecule has 1 aliphatic rings. The number of hydrogen-bond acceptors (Lipinski definition) is 4. The van der Waals surface area contributed by atoms with E-state index in [0.29, 0.717) is 13.2 Å². The number of benzene rings is 2. The van der Waals surface area contributed by atoms with Crippen molar-refractivity contribution < 1.29 is 9.13 Å². The molecule has 1 unspecified atom stereocenters. The Labute approximate surface area is 165 Å². The largest absolute Gasteiger partial charge is 0.489 e. The molecule has 1 N–H and O–H groups in total. The maximum absolute atomic E-state index is 13.6. The zero-order chi connectivity index (χ0) is 19.5. The molecule has 1 aliphatic heterocycles. The van der Waals surface area contributed by atoms with Gasteiger partial charge in [-0.05, 0) is 37.1 Å². The highest BCUT2D eigenvalue weighted by Gasteiger charge is 2.24. The highest BCUT2D eigenvalue weighted by Crippen LogP contribution is 2.39. The van der Waals surface area contributed by atoms with E-state index in [1.54, 1.807) is 18.3 Å². The van der Waals surface area contributed by atoms with Gasteiger partial charge < -0.3 is 15.0 Å². The number of pyridine rings is 1. The first-order chi connectivity index (χ1) is 13.6. The molecule has 0 radical (unpaired) electrons. The Morgan fingerprint density at radius 1 is 1.18 bits per heavy atom. The number of halogens is 1. The van der Waals surface area contributed by atoms with Gasteiger partial charge in [-0.1, -0.05) is 42.0 Å². The molecule has 0 fully saturated rings. The van der Waals surface area contributed by atoms with Crippen LogP contribution in [0.2, 0.25) is 0 Å². The highest BCUT2D eigenvalue weighted by molar-refractivity contribution is 5.74. The summed E-state index contributed by atoms with van der Waals surface area (Å²) in [5, 5.41) is 3.53. The van der Waals surface area contributed by atoms with Crippen LogP contribution in [0.25, 0.3) is 0 Å². The molecule has 0 spiro atoms. The highest BCUT2D eigenvalue weighted by atomic mass is 19.1. The lowest BCUT2D eigenvalue weighted by molar-refractivity contribution is 0.306. The molecule has 0 saturated carbocycles. The summed E-state index contributed by atoms with van der Waals surface area (Å²) in [6.07, 6.45) is 1.76. The minimum Gasteiger partial charge on any atom is -0.489 e. The van der Waals surface area contributed by atoms with Crippen LogP contribution in [0.4, 0.5) is 15.9 Å². The van der Waals surface area contributed by atoms with E-state index < -0.39 is 0 Å². The molecule has 2 heterocycles. The molecule has 0 saturated heterocycles. The Bertz CT molecular complexity index is 958. The Kier molecular flexibility index (Phi) is 5.15. The molecule has 2 aromatic carbocycles. The van der Waals surface area contributed by atoms with Crippen molar-refractivity contribution in [1.82, 2.24) is 4.98 Å². The SMILES string of the molecule is Cc1ccc(C(C)Nc2nccc3c2N(Cc2cccc(F)c2)CCO3)cc1. The third-order valence-electron chi connectivity index (χ3n) is 5.02. The van der Waals surface area contributed by atoms with Gasteiger partial charge in [-0.15, -0.1) is 0 Å². The summed E-state index contributed by atoms with van der Waals surface area (Å²) in [7, 11) is 0. The summed E-state index contributed by atoms with van der Waals surface area (Å²) < 4.78 is 19.5. The van der Waals surface area contributed by atoms with Gasteiger partial charge in [0.05, 0.1) is 12.6 Å². The predicted molar refractivity (Wildman–Crippen MR) is 110 cm³/mol. The molecule has 144 valence electrons. The van der Waals surface area contributed by atoms with Gasteiger partial charge in [0.15, 0.2) is 5.82 Å². The van der Waals surface area contributed by atoms with E-state index >= 15 is 0 Å². The summed E-state index contributed by atoms with van der Waals surface area (Å²) in [6.45, 7) is 6.13. The van der Waals surface area contributed by atoms with E-state index in [1.165, 1.54) is 17.2 Å². The maximum Gasteiger partial charge on any atom is 0.153 e. The molecule has 28 heavy (non-hydrogen) atoms. The number of nitrogens with zero attached hydrogens (tertiary/aromatic N) is 2. The zero-order valence-electron chi connectivity index (χ0n) is 16.2. The molecule has 3 aromatic rings. The molecule has 1 aromatic heterocycles. The smallest absolute Gasteiger partial charge is 0.153 e. The lowest BCUT2D eigenvalue weighted by atomic mass is 10.1. The summed E-state index contributed by atoms with van der Waals surface area (Å²) in [6, 6.07) is 17.2. The van der Waals surface area contributed by atoms with E-state index in [2.05, 4.69) is 53.3 Å². The van der Waals surface area contributed by atoms with Crippen LogP contribution in [0.15, 0.2) is 60.8 Å². The Morgan fingerprint density at radius 3 is 2.79 bits per heavy atom. The Hall–Kier alpha value is -3.08. The number of ether oxygens (including phenoxy) is 1. The van der Waals surface area contributed by atoms with E-state index in [1.807, 2.05) is 12.1 Å². The van der Waals surface area contributed by atoms with Gasteiger partial charge in [-0.3, -0.25) is 0 Å². The van der Waals surface area contributed by atoms with Crippen molar-refractivity contribution in [2.75, 3.05) is 23.4 Å². The van der Waals surface area contributed by atoms with Crippen molar-refractivity contribution in [3.63, 3.8) is 0 Å². The number of fused-ring (bicyclic) bond motifs is 1. The molecule has 0 amide bonds. The van der Waals surface area contributed by atoms with Crippen LogP contribution in [0, 0.1) is 12.7 Å². The fourth-order valence-corrected chi connectivity index (χ4v) is 3.50. The van der Waals surface area contributed by atoms with E-state index in [9.17, 15) is 4.39 Å². The normalized spacial score (nSPS) is 14.2. The number of nitrogens with one attached hydrogen (secondary N) is 1. The summed E-state index contributed by atoms with van der Waals surface area (Å²) in [4.78, 5) is 6.78. The second kappa shape index (κ2) is 7.89. The predicted octanol–water partition coefficient (Wildman–Crippen LogP) is 5.10. The Morgan fingerprint density at radius 2 is 2.00 bits per heavy atom. The fourth-order valence-electron chi connectivity index (χ4n) is 3.50. The van der Waals surface area contributed by atoms with Crippen LogP contribution in [0.5, 0.6) is 5.75 Å². The minimum atomic E-state index is -0.219. The lowest BCUT2D eigenvalue weighted by Crippen LogP contribution is -2.33. The van der Waals surface area contributed by atoms with Crippen molar-refractivity contribution >= 4 is 11.5 Å². The summed E-state index contributed by atoms with van der Waals surface area (Å²) in [5.41, 5.74) is 4.28. The van der Waals surface area contributed by atoms with Gasteiger partial charge in [-0.2, -0.15) is 0 Å². The van der Waals surface area contributed by atoms with Crippen molar-refractivity contribution in [2.45, 2.75) is 26.4 Å². The molecular weight excluding hydrogens is 353 g/mol. The lowest BCUT2D eigenvalue weighted by Gasteiger charge is -2.33. The van der Waals surface area contributed by atoms with Gasteiger partial charge in [0.25, 0.3) is 0 Å². The fraction of sp³-hybridized carbons (Fsp3) is 0.261. The van der Waals surface area contributed by atoms with Crippen LogP contribution >= 0.6 is 0 Å². The topological polar surface area (TPSA) is 37.4 Å². The molecule has 5 heteroatoms. The van der Waals surface area contributed by atoms with Gasteiger partial charge in [0.2, 0.25) is 0 Å². The van der Waals surface area contributed by atoms with Crippen molar-refractivity contribution in [1.29, 1.82) is 0 Å². The number of aromatic nitrogens is 1. The van der Waals surface area contributed by atoms with Crippen LogP contribution in [-0.2, 0) is 6.54 Å². The zero-order valence-corrected chi connectivity index (χ0v) is 16.2. The summed E-state index contributed by atoms with van der Waals surface area (Å²) >= 11 is 0. The van der Waals surface area contributed by atoms with Gasteiger partial charge >= 0.3 is 0 Å². The number of hydrogen-bond donors (Lipinski definition) is 1. The van der Waals surface area contributed by atoms with Crippen molar-refractivity contribution in [2.24, 2.45) is 0 Å². The van der Waals surface area contributed by atoms with Crippen LogP contribution in [-0.4, -0.2) is 18.1 Å². The average Bonchev–Trinajstić information content (AvgIpc) is 2.69. The Balaban J connectivity index is 1.62. The average molecular weight is 377 g/mol. The van der Waals surface area contributed by atoms with E-state index in [-0.39, 0.29) is 11.9 Å². The quantitative estimate of drug-likeness (QED) is 0.671. The number of rotatable bonds is 5. The van der Waals surface area contributed by atoms with E-state index in [0.717, 1.165) is 29.4 Å². The van der Waals surface area contributed by atoms with Crippen LogP contribution < -0.4 is 15.0 Å². The molecule has 1 atom stereocenters. The van der Waals surface area contributed by atoms with Crippen molar-refractivity contribution in [3.8, 4) is 5.75 Å². The first-order valence-corrected chi connectivity index (χ1v) is 9.54. The molecule has 4 nitrogen and oxygen atoms in total. The van der Waals surface area contributed by atoms with Crippen LogP contribution in [0.3, 0.4) is 0 Å². The first kappa shape index (κ1) is 18.3. The third kappa shape index (κ3) is 3.93. The number of aryl methyl sites for hydroxylation is 1.